The van der Waals surface area contributed by atoms with Crippen LogP contribution in [0.5, 0.6) is 5.75 Å². The van der Waals surface area contributed by atoms with E-state index in [1.54, 1.807) is 0 Å². The molecule has 0 aliphatic rings. The quantitative estimate of drug-likeness (QED) is 0.587. The fourth-order valence-electron chi connectivity index (χ4n) is 2.27. The molecule has 0 aliphatic heterocycles. The number of esters is 1. The summed E-state index contributed by atoms with van der Waals surface area (Å²) in [5, 5.41) is 2.44. The van der Waals surface area contributed by atoms with Crippen LogP contribution in [0, 0.1) is 0 Å². The standard InChI is InChI=1S/C19H22N2O4/c1-24-19(23)18(22)21-12-16(20)10-15-8-5-9-17(11-15)25-13-14-6-3-2-4-7-14/h2-9,11,16H,10,12-13,20H2,1H3,(H,21,22). The minimum atomic E-state index is -0.927. The number of rotatable bonds is 7. The molecule has 6 heteroatoms. The maximum Gasteiger partial charge on any atom is 0.396 e. The van der Waals surface area contributed by atoms with Gasteiger partial charge in [0.1, 0.15) is 12.4 Å². The molecular formula is C19H22N2O4. The van der Waals surface area contributed by atoms with Crippen LogP contribution in [0.3, 0.4) is 0 Å². The van der Waals surface area contributed by atoms with Crippen LogP contribution >= 0.6 is 0 Å². The van der Waals surface area contributed by atoms with Gasteiger partial charge < -0.3 is 20.5 Å². The molecular weight excluding hydrogens is 320 g/mol. The van der Waals surface area contributed by atoms with Crippen LogP contribution in [-0.4, -0.2) is 31.6 Å². The van der Waals surface area contributed by atoms with Gasteiger partial charge in [-0.15, -0.1) is 0 Å². The van der Waals surface area contributed by atoms with Gasteiger partial charge in [-0.05, 0) is 29.7 Å². The van der Waals surface area contributed by atoms with Crippen LogP contribution in [0.2, 0.25) is 0 Å². The van der Waals surface area contributed by atoms with Crippen molar-refractivity contribution in [2.75, 3.05) is 13.7 Å². The number of hydrogen-bond donors (Lipinski definition) is 2. The van der Waals surface area contributed by atoms with Gasteiger partial charge in [0.2, 0.25) is 0 Å². The molecule has 2 aromatic rings. The van der Waals surface area contributed by atoms with E-state index in [0.717, 1.165) is 24.0 Å². The maximum absolute atomic E-state index is 11.3. The summed E-state index contributed by atoms with van der Waals surface area (Å²) in [7, 11) is 1.16. The van der Waals surface area contributed by atoms with Crippen molar-refractivity contribution in [3.63, 3.8) is 0 Å². The molecule has 25 heavy (non-hydrogen) atoms. The van der Waals surface area contributed by atoms with E-state index >= 15 is 0 Å². The maximum atomic E-state index is 11.3. The van der Waals surface area contributed by atoms with Crippen molar-refractivity contribution in [1.82, 2.24) is 5.32 Å². The highest BCUT2D eigenvalue weighted by Gasteiger charge is 2.14. The van der Waals surface area contributed by atoms with Gasteiger partial charge in [-0.1, -0.05) is 42.5 Å². The fourth-order valence-corrected chi connectivity index (χ4v) is 2.27. The van der Waals surface area contributed by atoms with Gasteiger partial charge in [-0.2, -0.15) is 0 Å². The molecule has 132 valence electrons. The SMILES string of the molecule is COC(=O)C(=O)NCC(N)Cc1cccc(OCc2ccccc2)c1. The van der Waals surface area contributed by atoms with E-state index in [9.17, 15) is 9.59 Å². The third-order valence-corrected chi connectivity index (χ3v) is 3.54. The van der Waals surface area contributed by atoms with Crippen molar-refractivity contribution < 1.29 is 19.1 Å². The molecule has 0 aromatic heterocycles. The second kappa shape index (κ2) is 9.44. The van der Waals surface area contributed by atoms with Crippen molar-refractivity contribution in [3.8, 4) is 5.75 Å². The minimum Gasteiger partial charge on any atom is -0.489 e. The van der Waals surface area contributed by atoms with Crippen molar-refractivity contribution in [2.24, 2.45) is 5.73 Å². The van der Waals surface area contributed by atoms with Gasteiger partial charge in [0.25, 0.3) is 0 Å². The molecule has 3 N–H and O–H groups in total. The largest absolute Gasteiger partial charge is 0.489 e. The van der Waals surface area contributed by atoms with Gasteiger partial charge >= 0.3 is 11.9 Å². The molecule has 1 atom stereocenters. The zero-order valence-corrected chi connectivity index (χ0v) is 14.1. The Hall–Kier alpha value is -2.86. The minimum absolute atomic E-state index is 0.184. The molecule has 1 amide bonds. The van der Waals surface area contributed by atoms with Crippen molar-refractivity contribution in [1.29, 1.82) is 0 Å². The molecule has 2 aromatic carbocycles. The van der Waals surface area contributed by atoms with E-state index in [-0.39, 0.29) is 12.6 Å². The van der Waals surface area contributed by atoms with Gasteiger partial charge in [-0.25, -0.2) is 4.79 Å². The number of nitrogens with one attached hydrogen (secondary N) is 1. The summed E-state index contributed by atoms with van der Waals surface area (Å²) in [4.78, 5) is 22.4. The smallest absolute Gasteiger partial charge is 0.396 e. The van der Waals surface area contributed by atoms with Gasteiger partial charge in [0, 0.05) is 12.6 Å². The number of carbonyl (C=O) groups excluding carboxylic acids is 2. The molecule has 0 aliphatic carbocycles. The highest BCUT2D eigenvalue weighted by Crippen LogP contribution is 2.16. The molecule has 2 rings (SSSR count). The molecule has 0 spiro atoms. The van der Waals surface area contributed by atoms with Crippen molar-refractivity contribution >= 4 is 11.9 Å². The number of benzene rings is 2. The third-order valence-electron chi connectivity index (χ3n) is 3.54. The highest BCUT2D eigenvalue weighted by atomic mass is 16.5. The van der Waals surface area contributed by atoms with Crippen LogP contribution in [0.4, 0.5) is 0 Å². The molecule has 6 nitrogen and oxygen atoms in total. The van der Waals surface area contributed by atoms with E-state index in [4.69, 9.17) is 10.5 Å². The second-order valence-electron chi connectivity index (χ2n) is 5.59. The van der Waals surface area contributed by atoms with E-state index in [0.29, 0.717) is 13.0 Å². The number of methoxy groups -OCH3 is 1. The summed E-state index contributed by atoms with van der Waals surface area (Å²) in [6, 6.07) is 17.2. The summed E-state index contributed by atoms with van der Waals surface area (Å²) in [6.07, 6.45) is 0.546. The third kappa shape index (κ3) is 6.27. The lowest BCUT2D eigenvalue weighted by atomic mass is 10.1. The summed E-state index contributed by atoms with van der Waals surface area (Å²) in [5.41, 5.74) is 8.09. The molecule has 0 saturated heterocycles. The summed E-state index contributed by atoms with van der Waals surface area (Å²) >= 11 is 0. The molecule has 0 saturated carbocycles. The first-order valence-corrected chi connectivity index (χ1v) is 7.96. The second-order valence-corrected chi connectivity index (χ2v) is 5.59. The normalized spacial score (nSPS) is 11.4. The van der Waals surface area contributed by atoms with Gasteiger partial charge in [0.05, 0.1) is 7.11 Å². The van der Waals surface area contributed by atoms with Crippen LogP contribution in [0.1, 0.15) is 11.1 Å². The van der Waals surface area contributed by atoms with E-state index in [2.05, 4.69) is 10.1 Å². The Morgan fingerprint density at radius 3 is 2.52 bits per heavy atom. The van der Waals surface area contributed by atoms with Crippen LogP contribution in [-0.2, 0) is 27.4 Å². The van der Waals surface area contributed by atoms with E-state index in [1.807, 2.05) is 54.6 Å². The predicted molar refractivity (Wildman–Crippen MR) is 93.9 cm³/mol. The molecule has 1 unspecified atom stereocenters. The Balaban J connectivity index is 1.84. The number of carbonyl (C=O) groups is 2. The summed E-state index contributed by atoms with van der Waals surface area (Å²) in [6.45, 7) is 0.675. The lowest BCUT2D eigenvalue weighted by molar-refractivity contribution is -0.152. The number of ether oxygens (including phenoxy) is 2. The monoisotopic (exact) mass is 342 g/mol. The van der Waals surface area contributed by atoms with Gasteiger partial charge in [-0.3, -0.25) is 4.79 Å². The Labute approximate surface area is 146 Å². The first kappa shape index (κ1) is 18.5. The first-order valence-electron chi connectivity index (χ1n) is 7.96. The van der Waals surface area contributed by atoms with Gasteiger partial charge in [0.15, 0.2) is 0 Å². The Morgan fingerprint density at radius 1 is 1.08 bits per heavy atom. The average molecular weight is 342 g/mol. The molecule has 0 heterocycles. The Kier molecular flexibility index (Phi) is 6.98. The van der Waals surface area contributed by atoms with Crippen LogP contribution in [0.15, 0.2) is 54.6 Å². The lowest BCUT2D eigenvalue weighted by Crippen LogP contribution is -2.41. The first-order chi connectivity index (χ1) is 12.1. The van der Waals surface area contributed by atoms with Crippen molar-refractivity contribution in [3.05, 3.63) is 65.7 Å². The van der Waals surface area contributed by atoms with Crippen LogP contribution < -0.4 is 15.8 Å². The fraction of sp³-hybridized carbons (Fsp3) is 0.263. The lowest BCUT2D eigenvalue weighted by Gasteiger charge is -2.13. The number of hydrogen-bond acceptors (Lipinski definition) is 5. The van der Waals surface area contributed by atoms with E-state index in [1.165, 1.54) is 0 Å². The predicted octanol–water partition coefficient (Wildman–Crippen LogP) is 1.42. The number of nitrogens with two attached hydrogens (primary N) is 1. The average Bonchev–Trinajstić information content (AvgIpc) is 2.65. The summed E-state index contributed by atoms with van der Waals surface area (Å²) < 4.78 is 10.1. The topological polar surface area (TPSA) is 90.7 Å². The Morgan fingerprint density at radius 2 is 1.80 bits per heavy atom. The van der Waals surface area contributed by atoms with Crippen LogP contribution in [0.25, 0.3) is 0 Å². The highest BCUT2D eigenvalue weighted by molar-refractivity contribution is 6.32. The Bertz CT molecular complexity index is 704. The molecule has 0 radical (unpaired) electrons. The zero-order valence-electron chi connectivity index (χ0n) is 14.1. The van der Waals surface area contributed by atoms with E-state index < -0.39 is 11.9 Å². The number of amides is 1. The van der Waals surface area contributed by atoms with Crippen molar-refractivity contribution in [2.45, 2.75) is 19.1 Å². The molecule has 0 bridgehead atoms. The molecule has 0 fully saturated rings. The summed E-state index contributed by atoms with van der Waals surface area (Å²) in [5.74, 6) is -0.964. The zero-order chi connectivity index (χ0) is 18.1.